The van der Waals surface area contributed by atoms with Crippen molar-refractivity contribution in [1.82, 2.24) is 0 Å². The summed E-state index contributed by atoms with van der Waals surface area (Å²) in [4.78, 5) is 23.7. The summed E-state index contributed by atoms with van der Waals surface area (Å²) < 4.78 is 42.7. The van der Waals surface area contributed by atoms with Crippen molar-refractivity contribution in [2.75, 3.05) is 25.1 Å². The number of halogens is 2. The molecule has 1 amide bonds. The first-order chi connectivity index (χ1) is 16.9. The van der Waals surface area contributed by atoms with E-state index in [1.165, 1.54) is 6.08 Å². The molecule has 7 nitrogen and oxygen atoms in total. The number of amides is 1. The van der Waals surface area contributed by atoms with E-state index < -0.39 is 29.8 Å². The molecule has 1 atom stereocenters. The fourth-order valence-corrected chi connectivity index (χ4v) is 3.02. The van der Waals surface area contributed by atoms with Crippen LogP contribution in [-0.4, -0.2) is 37.0 Å². The molecule has 0 unspecified atom stereocenters. The molecule has 9 heteroatoms. The summed E-state index contributed by atoms with van der Waals surface area (Å²) in [7, 11) is 0. The number of ether oxygens (including phenoxy) is 3. The van der Waals surface area contributed by atoms with Crippen molar-refractivity contribution in [3.05, 3.63) is 84.0 Å². The number of unbranched alkanes of at least 4 members (excludes halogenated alkanes) is 1. The van der Waals surface area contributed by atoms with Crippen LogP contribution >= 0.6 is 0 Å². The van der Waals surface area contributed by atoms with Gasteiger partial charge in [-0.2, -0.15) is 0 Å². The molecule has 0 aliphatic heterocycles. The molecule has 2 N–H and O–H groups in total. The summed E-state index contributed by atoms with van der Waals surface area (Å²) in [5.41, 5.74) is 0.501. The monoisotopic (exact) mass is 489 g/mol. The molecule has 0 saturated carbocycles. The Labute approximate surface area is 203 Å². The van der Waals surface area contributed by atoms with E-state index in [2.05, 4.69) is 5.32 Å². The third kappa shape index (κ3) is 10.4. The first kappa shape index (κ1) is 27.5. The minimum Gasteiger partial charge on any atom is -0.491 e. The van der Waals surface area contributed by atoms with Crippen molar-refractivity contribution >= 4 is 17.7 Å². The smallest absolute Gasteiger partial charge is 0.412 e. The van der Waals surface area contributed by atoms with E-state index in [1.807, 2.05) is 6.08 Å². The highest BCUT2D eigenvalue weighted by molar-refractivity contribution is 5.85. The van der Waals surface area contributed by atoms with E-state index in [0.29, 0.717) is 43.2 Å². The van der Waals surface area contributed by atoms with Gasteiger partial charge in [-0.1, -0.05) is 30.4 Å². The molecule has 0 aliphatic rings. The molecule has 0 saturated heterocycles. The molecule has 2 rings (SSSR count). The minimum atomic E-state index is -0.912. The Hall–Kier alpha value is -3.72. The summed E-state index contributed by atoms with van der Waals surface area (Å²) >= 11 is 0. The number of rotatable bonds is 13. The number of aliphatic hydroxyl groups excluding tert-OH is 1. The van der Waals surface area contributed by atoms with Gasteiger partial charge in [0.2, 0.25) is 0 Å². The molecule has 0 bridgehead atoms. The van der Waals surface area contributed by atoms with Crippen LogP contribution in [0.25, 0.3) is 0 Å². The van der Waals surface area contributed by atoms with Gasteiger partial charge in [-0.3, -0.25) is 5.32 Å². The SMILES string of the molecule is CCOC(=O)/C=C/C=C/CCC[C@@H](OC(=O)Nc1ccc(F)cc1F)c1ccc(OCCO)cc1. The molecule has 0 aliphatic carbocycles. The van der Waals surface area contributed by atoms with Gasteiger partial charge in [0.05, 0.1) is 18.9 Å². The molecule has 0 aromatic heterocycles. The van der Waals surface area contributed by atoms with Crippen molar-refractivity contribution in [1.29, 1.82) is 0 Å². The highest BCUT2D eigenvalue weighted by Crippen LogP contribution is 2.27. The van der Waals surface area contributed by atoms with Gasteiger partial charge in [0, 0.05) is 12.1 Å². The molecular formula is C26H29F2NO6. The van der Waals surface area contributed by atoms with Gasteiger partial charge in [0.25, 0.3) is 0 Å². The first-order valence-corrected chi connectivity index (χ1v) is 11.2. The predicted molar refractivity (Wildman–Crippen MR) is 127 cm³/mol. The molecule has 2 aromatic carbocycles. The summed E-state index contributed by atoms with van der Waals surface area (Å²) in [6, 6.07) is 9.67. The summed E-state index contributed by atoms with van der Waals surface area (Å²) in [6.07, 6.45) is 6.74. The zero-order chi connectivity index (χ0) is 25.5. The first-order valence-electron chi connectivity index (χ1n) is 11.2. The van der Waals surface area contributed by atoms with E-state index in [4.69, 9.17) is 19.3 Å². The molecule has 0 spiro atoms. The number of hydrogen-bond acceptors (Lipinski definition) is 6. The maximum absolute atomic E-state index is 13.9. The molecule has 0 fully saturated rings. The zero-order valence-electron chi connectivity index (χ0n) is 19.4. The van der Waals surface area contributed by atoms with Crippen LogP contribution in [0.5, 0.6) is 5.75 Å². The quantitative estimate of drug-likeness (QED) is 0.168. The van der Waals surface area contributed by atoms with Crippen LogP contribution < -0.4 is 10.1 Å². The van der Waals surface area contributed by atoms with Gasteiger partial charge >= 0.3 is 12.1 Å². The highest BCUT2D eigenvalue weighted by Gasteiger charge is 2.18. The van der Waals surface area contributed by atoms with E-state index in [-0.39, 0.29) is 18.9 Å². The molecule has 2 aromatic rings. The van der Waals surface area contributed by atoms with Gasteiger partial charge in [0.15, 0.2) is 0 Å². The number of allylic oxidation sites excluding steroid dienone is 3. The second kappa shape index (κ2) is 15.2. The maximum Gasteiger partial charge on any atom is 0.412 e. The standard InChI is InChI=1S/C26H29F2NO6/c1-2-33-25(31)9-7-5-3-4-6-8-24(19-10-13-21(14-11-19)34-17-16-30)35-26(32)29-23-15-12-20(27)18-22(23)28/h3,5,7,9-15,18,24,30H,2,4,6,8,16-17H2,1H3,(H,29,32)/b5-3+,9-7+/t24-/m1/s1. The predicted octanol–water partition coefficient (Wildman–Crippen LogP) is 5.47. The fraction of sp³-hybridized carbons (Fsp3) is 0.308. The van der Waals surface area contributed by atoms with Gasteiger partial charge in [-0.25, -0.2) is 18.4 Å². The topological polar surface area (TPSA) is 94.1 Å². The number of aliphatic hydroxyl groups is 1. The van der Waals surface area contributed by atoms with Crippen LogP contribution in [0.3, 0.4) is 0 Å². The van der Waals surface area contributed by atoms with Crippen LogP contribution in [0.15, 0.2) is 66.8 Å². The third-order valence-corrected chi connectivity index (χ3v) is 4.63. The number of carbonyl (C=O) groups is 2. The summed E-state index contributed by atoms with van der Waals surface area (Å²) in [6.45, 7) is 2.08. The van der Waals surface area contributed by atoms with Crippen LogP contribution in [-0.2, 0) is 14.3 Å². The number of hydrogen-bond donors (Lipinski definition) is 2. The number of benzene rings is 2. The van der Waals surface area contributed by atoms with E-state index >= 15 is 0 Å². The van der Waals surface area contributed by atoms with Crippen molar-refractivity contribution in [3.8, 4) is 5.75 Å². The lowest BCUT2D eigenvalue weighted by Gasteiger charge is -2.19. The molecule has 35 heavy (non-hydrogen) atoms. The second-order valence-electron chi connectivity index (χ2n) is 7.25. The van der Waals surface area contributed by atoms with Crippen LogP contribution in [0, 0.1) is 11.6 Å². The van der Waals surface area contributed by atoms with Gasteiger partial charge in [0.1, 0.15) is 30.1 Å². The van der Waals surface area contributed by atoms with E-state index in [9.17, 15) is 18.4 Å². The average molecular weight is 490 g/mol. The van der Waals surface area contributed by atoms with Crippen LogP contribution in [0.4, 0.5) is 19.3 Å². The molecule has 0 heterocycles. The Kier molecular flexibility index (Phi) is 12.0. The average Bonchev–Trinajstić information content (AvgIpc) is 2.83. The van der Waals surface area contributed by atoms with Gasteiger partial charge in [-0.05, 0) is 56.0 Å². The Morgan fingerprint density at radius 3 is 2.57 bits per heavy atom. The number of esters is 1. The number of carbonyl (C=O) groups excluding carboxylic acids is 2. The van der Waals surface area contributed by atoms with E-state index in [1.54, 1.807) is 43.3 Å². The number of anilines is 1. The Bertz CT molecular complexity index is 1010. The molecule has 188 valence electrons. The Morgan fingerprint density at radius 2 is 1.89 bits per heavy atom. The summed E-state index contributed by atoms with van der Waals surface area (Å²) in [5, 5.41) is 11.2. The Morgan fingerprint density at radius 1 is 1.11 bits per heavy atom. The Balaban J connectivity index is 2.00. The lowest BCUT2D eigenvalue weighted by molar-refractivity contribution is -0.137. The van der Waals surface area contributed by atoms with Crippen molar-refractivity contribution in [2.24, 2.45) is 0 Å². The summed E-state index contributed by atoms with van der Waals surface area (Å²) in [5.74, 6) is -1.53. The van der Waals surface area contributed by atoms with E-state index in [0.717, 1.165) is 12.1 Å². The molecular weight excluding hydrogens is 460 g/mol. The van der Waals surface area contributed by atoms with Gasteiger partial charge < -0.3 is 19.3 Å². The van der Waals surface area contributed by atoms with Gasteiger partial charge in [-0.15, -0.1) is 0 Å². The second-order valence-corrected chi connectivity index (χ2v) is 7.25. The van der Waals surface area contributed by atoms with Crippen molar-refractivity contribution < 1.29 is 37.7 Å². The minimum absolute atomic E-state index is 0.115. The third-order valence-electron chi connectivity index (χ3n) is 4.63. The maximum atomic E-state index is 13.9. The lowest BCUT2D eigenvalue weighted by Crippen LogP contribution is -2.18. The largest absolute Gasteiger partial charge is 0.491 e. The zero-order valence-corrected chi connectivity index (χ0v) is 19.4. The fourth-order valence-electron chi connectivity index (χ4n) is 3.02. The molecule has 0 radical (unpaired) electrons. The lowest BCUT2D eigenvalue weighted by atomic mass is 10.0. The van der Waals surface area contributed by atoms with Crippen molar-refractivity contribution in [2.45, 2.75) is 32.3 Å². The normalized spacial score (nSPS) is 12.0. The van der Waals surface area contributed by atoms with Crippen molar-refractivity contribution in [3.63, 3.8) is 0 Å². The number of nitrogens with one attached hydrogen (secondary N) is 1. The highest BCUT2D eigenvalue weighted by atomic mass is 19.1. The van der Waals surface area contributed by atoms with Crippen LogP contribution in [0.2, 0.25) is 0 Å². The van der Waals surface area contributed by atoms with Crippen LogP contribution in [0.1, 0.15) is 37.9 Å².